The van der Waals surface area contributed by atoms with Crippen LogP contribution >= 0.6 is 0 Å². The minimum absolute atomic E-state index is 0.0394. The van der Waals surface area contributed by atoms with E-state index in [1.54, 1.807) is 0 Å². The van der Waals surface area contributed by atoms with Crippen LogP contribution in [0.5, 0.6) is 0 Å². The predicted molar refractivity (Wildman–Crippen MR) is 46.2 cm³/mol. The van der Waals surface area contributed by atoms with E-state index < -0.39 is 10.0 Å². The smallest absolute Gasteiger partial charge is 0.209 e. The standard InChI is InChI=1S/C7H15NO3S/c8-12(9,10)6-4-7-3-1-2-5-11-7/h7H,1-6H2,(H2,8,9,10). The molecule has 72 valence electrons. The number of primary sulfonamides is 1. The van der Waals surface area contributed by atoms with E-state index in [0.717, 1.165) is 25.9 Å². The van der Waals surface area contributed by atoms with Crippen LogP contribution in [0.1, 0.15) is 25.7 Å². The molecule has 1 atom stereocenters. The summed E-state index contributed by atoms with van der Waals surface area (Å²) in [4.78, 5) is 0. The van der Waals surface area contributed by atoms with Gasteiger partial charge in [0.1, 0.15) is 0 Å². The zero-order chi connectivity index (χ0) is 9.03. The van der Waals surface area contributed by atoms with Crippen LogP contribution in [0.15, 0.2) is 0 Å². The molecule has 1 unspecified atom stereocenters. The molecule has 1 rings (SSSR count). The summed E-state index contributed by atoms with van der Waals surface area (Å²) in [6.07, 6.45) is 3.84. The van der Waals surface area contributed by atoms with Crippen LogP contribution in [0.25, 0.3) is 0 Å². The molecule has 0 aromatic carbocycles. The summed E-state index contributed by atoms with van der Waals surface area (Å²) in [5, 5.41) is 4.87. The molecule has 1 aliphatic heterocycles. The molecule has 12 heavy (non-hydrogen) atoms. The normalized spacial score (nSPS) is 25.6. The van der Waals surface area contributed by atoms with Crippen LogP contribution in [0.3, 0.4) is 0 Å². The monoisotopic (exact) mass is 193 g/mol. The van der Waals surface area contributed by atoms with Gasteiger partial charge in [0.2, 0.25) is 10.0 Å². The number of nitrogens with two attached hydrogens (primary N) is 1. The zero-order valence-corrected chi connectivity index (χ0v) is 7.85. The van der Waals surface area contributed by atoms with Crippen molar-refractivity contribution in [2.75, 3.05) is 12.4 Å². The van der Waals surface area contributed by atoms with Gasteiger partial charge in [0, 0.05) is 6.61 Å². The van der Waals surface area contributed by atoms with E-state index in [1.807, 2.05) is 0 Å². The van der Waals surface area contributed by atoms with Gasteiger partial charge in [-0.05, 0) is 25.7 Å². The lowest BCUT2D eigenvalue weighted by Crippen LogP contribution is -2.25. The predicted octanol–water partition coefficient (Wildman–Crippen LogP) is 0.234. The Morgan fingerprint density at radius 1 is 1.42 bits per heavy atom. The molecule has 1 aliphatic rings. The van der Waals surface area contributed by atoms with Gasteiger partial charge in [0.25, 0.3) is 0 Å². The number of sulfonamides is 1. The Balaban J connectivity index is 2.22. The van der Waals surface area contributed by atoms with Crippen LogP contribution in [0, 0.1) is 0 Å². The summed E-state index contributed by atoms with van der Waals surface area (Å²) in [7, 11) is -3.30. The maximum absolute atomic E-state index is 10.6. The molecule has 1 heterocycles. The molecule has 4 nitrogen and oxygen atoms in total. The lowest BCUT2D eigenvalue weighted by Gasteiger charge is -2.21. The van der Waals surface area contributed by atoms with E-state index in [1.165, 1.54) is 0 Å². The third kappa shape index (κ3) is 4.04. The van der Waals surface area contributed by atoms with Crippen molar-refractivity contribution in [3.8, 4) is 0 Å². The van der Waals surface area contributed by atoms with Crippen LogP contribution in [-0.4, -0.2) is 26.9 Å². The van der Waals surface area contributed by atoms with Crippen LogP contribution in [0.4, 0.5) is 0 Å². The Morgan fingerprint density at radius 3 is 2.67 bits per heavy atom. The van der Waals surface area contributed by atoms with Gasteiger partial charge >= 0.3 is 0 Å². The zero-order valence-electron chi connectivity index (χ0n) is 7.03. The van der Waals surface area contributed by atoms with Crippen molar-refractivity contribution in [3.05, 3.63) is 0 Å². The first-order valence-electron chi connectivity index (χ1n) is 4.20. The molecule has 1 saturated heterocycles. The fraction of sp³-hybridized carbons (Fsp3) is 1.00. The maximum atomic E-state index is 10.6. The molecule has 0 aliphatic carbocycles. The van der Waals surface area contributed by atoms with Crippen molar-refractivity contribution >= 4 is 10.0 Å². The molecule has 0 aromatic heterocycles. The molecule has 0 amide bonds. The van der Waals surface area contributed by atoms with Crippen LogP contribution in [0.2, 0.25) is 0 Å². The average Bonchev–Trinajstić information content (AvgIpc) is 2.02. The lowest BCUT2D eigenvalue weighted by molar-refractivity contribution is 0.0147. The Morgan fingerprint density at radius 2 is 2.17 bits per heavy atom. The third-order valence-corrected chi connectivity index (χ3v) is 2.80. The largest absolute Gasteiger partial charge is 0.378 e. The first kappa shape index (κ1) is 9.95. The van der Waals surface area contributed by atoms with E-state index in [4.69, 9.17) is 9.88 Å². The third-order valence-electron chi connectivity index (χ3n) is 2.00. The maximum Gasteiger partial charge on any atom is 0.209 e. The Labute approximate surface area is 73.1 Å². The highest BCUT2D eigenvalue weighted by atomic mass is 32.2. The lowest BCUT2D eigenvalue weighted by atomic mass is 10.1. The van der Waals surface area contributed by atoms with E-state index in [-0.39, 0.29) is 11.9 Å². The van der Waals surface area contributed by atoms with Gasteiger partial charge in [-0.25, -0.2) is 13.6 Å². The van der Waals surface area contributed by atoms with Gasteiger partial charge in [0.05, 0.1) is 11.9 Å². The molecule has 0 spiro atoms. The van der Waals surface area contributed by atoms with Crippen LogP contribution < -0.4 is 5.14 Å². The summed E-state index contributed by atoms with van der Waals surface area (Å²) >= 11 is 0. The summed E-state index contributed by atoms with van der Waals surface area (Å²) in [5.74, 6) is 0.0394. The van der Waals surface area contributed by atoms with E-state index in [9.17, 15) is 8.42 Å². The molecular weight excluding hydrogens is 178 g/mol. The van der Waals surface area contributed by atoms with Crippen molar-refractivity contribution < 1.29 is 13.2 Å². The van der Waals surface area contributed by atoms with Gasteiger partial charge in [0.15, 0.2) is 0 Å². The summed E-state index contributed by atoms with van der Waals surface area (Å²) in [5.41, 5.74) is 0. The number of rotatable bonds is 3. The molecule has 0 radical (unpaired) electrons. The summed E-state index contributed by atoms with van der Waals surface area (Å²) in [6.45, 7) is 0.759. The van der Waals surface area contributed by atoms with Crippen LogP contribution in [-0.2, 0) is 14.8 Å². The highest BCUT2D eigenvalue weighted by Gasteiger charge is 2.15. The molecule has 2 N–H and O–H groups in total. The van der Waals surface area contributed by atoms with Crippen molar-refractivity contribution in [2.24, 2.45) is 5.14 Å². The first-order valence-corrected chi connectivity index (χ1v) is 5.91. The second-order valence-electron chi connectivity index (χ2n) is 3.14. The molecular formula is C7H15NO3S. The van der Waals surface area contributed by atoms with Crippen molar-refractivity contribution in [3.63, 3.8) is 0 Å². The Kier molecular flexibility index (Phi) is 3.49. The topological polar surface area (TPSA) is 69.4 Å². The summed E-state index contributed by atoms with van der Waals surface area (Å²) in [6, 6.07) is 0. The van der Waals surface area contributed by atoms with Gasteiger partial charge in [-0.15, -0.1) is 0 Å². The molecule has 0 saturated carbocycles. The number of ether oxygens (including phenoxy) is 1. The molecule has 0 bridgehead atoms. The van der Waals surface area contributed by atoms with Gasteiger partial charge < -0.3 is 4.74 Å². The van der Waals surface area contributed by atoms with Crippen molar-refractivity contribution in [2.45, 2.75) is 31.8 Å². The first-order chi connectivity index (χ1) is 5.58. The molecule has 5 heteroatoms. The van der Waals surface area contributed by atoms with Gasteiger partial charge in [-0.3, -0.25) is 0 Å². The Bertz CT molecular complexity index is 219. The minimum atomic E-state index is -3.30. The van der Waals surface area contributed by atoms with Gasteiger partial charge in [-0.2, -0.15) is 0 Å². The van der Waals surface area contributed by atoms with E-state index in [0.29, 0.717) is 6.42 Å². The minimum Gasteiger partial charge on any atom is -0.378 e. The fourth-order valence-corrected chi connectivity index (χ4v) is 1.92. The highest BCUT2D eigenvalue weighted by Crippen LogP contribution is 2.15. The van der Waals surface area contributed by atoms with Crippen molar-refractivity contribution in [1.82, 2.24) is 0 Å². The number of hydrogen-bond acceptors (Lipinski definition) is 3. The Hall–Kier alpha value is -0.130. The quantitative estimate of drug-likeness (QED) is 0.697. The molecule has 1 fully saturated rings. The van der Waals surface area contributed by atoms with Crippen molar-refractivity contribution in [1.29, 1.82) is 0 Å². The van der Waals surface area contributed by atoms with E-state index in [2.05, 4.69) is 0 Å². The highest BCUT2D eigenvalue weighted by molar-refractivity contribution is 7.89. The second-order valence-corrected chi connectivity index (χ2v) is 4.88. The summed E-state index contributed by atoms with van der Waals surface area (Å²) < 4.78 is 26.5. The van der Waals surface area contributed by atoms with Gasteiger partial charge in [-0.1, -0.05) is 0 Å². The SMILES string of the molecule is NS(=O)(=O)CCC1CCCCO1. The van der Waals surface area contributed by atoms with E-state index >= 15 is 0 Å². The second kappa shape index (κ2) is 4.20. The molecule has 0 aromatic rings. The fourth-order valence-electron chi connectivity index (χ4n) is 1.33. The average molecular weight is 193 g/mol. The number of hydrogen-bond donors (Lipinski definition) is 1.